The van der Waals surface area contributed by atoms with Crippen molar-refractivity contribution >= 4 is 35.8 Å². The zero-order valence-electron chi connectivity index (χ0n) is 38.2. The van der Waals surface area contributed by atoms with Crippen LogP contribution in [0.25, 0.3) is 0 Å². The molecule has 0 saturated carbocycles. The van der Waals surface area contributed by atoms with Crippen LogP contribution in [0.4, 0.5) is 0 Å². The molecule has 2 aliphatic heterocycles. The van der Waals surface area contributed by atoms with E-state index < -0.39 is 116 Å². The highest BCUT2D eigenvalue weighted by atomic mass is 16.8. The summed E-state index contributed by atoms with van der Waals surface area (Å²) >= 11 is 0. The monoisotopic (exact) mass is 939 g/mol. The second-order valence-electron chi connectivity index (χ2n) is 15.6. The summed E-state index contributed by atoms with van der Waals surface area (Å²) in [5, 5.41) is 15.1. The van der Waals surface area contributed by atoms with Crippen molar-refractivity contribution in [3.05, 3.63) is 96.1 Å². The van der Waals surface area contributed by atoms with Gasteiger partial charge in [0, 0.05) is 34.6 Å². The van der Waals surface area contributed by atoms with Crippen LogP contribution in [0, 0.1) is 0 Å². The molecule has 1 unspecified atom stereocenters. The minimum absolute atomic E-state index is 0.108. The molecule has 0 aliphatic carbocycles. The van der Waals surface area contributed by atoms with Gasteiger partial charge in [-0.3, -0.25) is 24.0 Å². The first-order chi connectivity index (χ1) is 32.0. The van der Waals surface area contributed by atoms with Crippen molar-refractivity contribution in [2.24, 2.45) is 0 Å². The molecule has 5 rings (SSSR count). The number of esters is 5. The Hall–Kier alpha value is -6.16. The second kappa shape index (κ2) is 24.6. The van der Waals surface area contributed by atoms with E-state index in [1.54, 1.807) is 48.5 Å². The second-order valence-corrected chi connectivity index (χ2v) is 15.6. The maximum atomic E-state index is 14.5. The fraction of sp³-hybridized carbons (Fsp3) is 0.489. The van der Waals surface area contributed by atoms with Crippen molar-refractivity contribution in [3.8, 4) is 11.5 Å². The maximum Gasteiger partial charge on any atom is 0.366 e. The van der Waals surface area contributed by atoms with E-state index in [9.17, 15) is 33.9 Å². The van der Waals surface area contributed by atoms with Crippen molar-refractivity contribution in [2.75, 3.05) is 27.4 Å². The van der Waals surface area contributed by atoms with Gasteiger partial charge in [-0.15, -0.1) is 0 Å². The molecule has 3 aromatic rings. The molecule has 20 nitrogen and oxygen atoms in total. The Morgan fingerprint density at radius 2 is 1.37 bits per heavy atom. The van der Waals surface area contributed by atoms with E-state index in [-0.39, 0.29) is 25.6 Å². The summed E-state index contributed by atoms with van der Waals surface area (Å²) in [6, 6.07) is 23.2. The average Bonchev–Trinajstić information content (AvgIpc) is 3.29. The van der Waals surface area contributed by atoms with Crippen molar-refractivity contribution in [3.63, 3.8) is 0 Å². The molecule has 67 heavy (non-hydrogen) atoms. The molecule has 11 atom stereocenters. The lowest BCUT2D eigenvalue weighted by atomic mass is 9.87. The van der Waals surface area contributed by atoms with Crippen LogP contribution in [0.3, 0.4) is 0 Å². The van der Waals surface area contributed by atoms with Gasteiger partial charge in [-0.1, -0.05) is 60.7 Å². The summed E-state index contributed by atoms with van der Waals surface area (Å²) in [7, 11) is 2.51. The largest absolute Gasteiger partial charge is 0.497 e. The summed E-state index contributed by atoms with van der Waals surface area (Å²) in [6.07, 6.45) is -15.2. The fourth-order valence-corrected chi connectivity index (χ4v) is 7.60. The summed E-state index contributed by atoms with van der Waals surface area (Å²) in [5.41, 5.74) is 1.50. The van der Waals surface area contributed by atoms with E-state index in [0.717, 1.165) is 47.3 Å². The molecule has 2 fully saturated rings. The lowest BCUT2D eigenvalue weighted by Crippen LogP contribution is -2.71. The normalized spacial score (nSPS) is 25.6. The van der Waals surface area contributed by atoms with Crippen LogP contribution in [0.5, 0.6) is 11.5 Å². The lowest BCUT2D eigenvalue weighted by molar-refractivity contribution is -0.369. The Morgan fingerprint density at radius 1 is 0.761 bits per heavy atom. The molecular formula is C47H57NO19. The molecule has 0 spiro atoms. The number of amides is 1. The molecule has 0 radical (unpaired) electrons. The zero-order valence-corrected chi connectivity index (χ0v) is 38.2. The van der Waals surface area contributed by atoms with Crippen LogP contribution < -0.4 is 14.8 Å². The number of hydrogen-bond acceptors (Lipinski definition) is 19. The van der Waals surface area contributed by atoms with Crippen LogP contribution in [0.1, 0.15) is 52.2 Å². The topological polar surface area (TPSA) is 245 Å². The highest BCUT2D eigenvalue weighted by Crippen LogP contribution is 2.41. The lowest BCUT2D eigenvalue weighted by Gasteiger charge is -2.51. The van der Waals surface area contributed by atoms with Crippen LogP contribution in [-0.2, 0) is 89.3 Å². The number of aliphatic hydroxyl groups excluding tert-OH is 1. The van der Waals surface area contributed by atoms with E-state index in [1.165, 1.54) is 7.11 Å². The highest BCUT2D eigenvalue weighted by Gasteiger charge is 2.62. The first-order valence-electron chi connectivity index (χ1n) is 21.3. The van der Waals surface area contributed by atoms with Crippen LogP contribution in [0.2, 0.25) is 0 Å². The van der Waals surface area contributed by atoms with Crippen molar-refractivity contribution in [1.82, 2.24) is 5.32 Å². The quantitative estimate of drug-likeness (QED) is 0.115. The van der Waals surface area contributed by atoms with Gasteiger partial charge in [0.15, 0.2) is 12.2 Å². The minimum Gasteiger partial charge on any atom is -0.497 e. The van der Waals surface area contributed by atoms with E-state index in [2.05, 4.69) is 5.32 Å². The van der Waals surface area contributed by atoms with Gasteiger partial charge in [0.25, 0.3) is 5.79 Å². The van der Waals surface area contributed by atoms with E-state index in [4.69, 9.17) is 56.8 Å². The van der Waals surface area contributed by atoms with Crippen LogP contribution >= 0.6 is 0 Å². The molecule has 0 aromatic heterocycles. The number of methoxy groups -OCH3 is 2. The smallest absolute Gasteiger partial charge is 0.366 e. The third-order valence-electron chi connectivity index (χ3n) is 10.4. The standard InChI is InChI=1S/C47H57NO19/c1-27(49)48-39-36(61-29(3)51)22-47(46(55)57-7,66-42(39)41(63-31(5)53)38(62-30(4)52)26-59-28(2)50)67-43-40(54)37(25-58-23-32-14-10-8-11-15-32)65-45(64-35-20-18-34(56-6)19-21-35)44(43)60-24-33-16-12-9-13-17-33/h8-21,36-45,54H,22-26H2,1-7H3,(H,48,49)/t36-,37+,38+,39+,40-,41+,42?,43-,44+,45+,47-/m0/s1. The number of aliphatic hydroxyl groups is 1. The Morgan fingerprint density at radius 3 is 1.93 bits per heavy atom. The molecule has 2 saturated heterocycles. The van der Waals surface area contributed by atoms with Crippen molar-refractivity contribution in [1.29, 1.82) is 0 Å². The predicted octanol–water partition coefficient (Wildman–Crippen LogP) is 2.87. The molecule has 2 aliphatic rings. The Bertz CT molecular complexity index is 2110. The number of benzene rings is 3. The third kappa shape index (κ3) is 14.7. The Kier molecular flexibility index (Phi) is 19.0. The van der Waals surface area contributed by atoms with Crippen molar-refractivity contribution < 1.29 is 90.7 Å². The zero-order chi connectivity index (χ0) is 48.7. The summed E-state index contributed by atoms with van der Waals surface area (Å²) in [4.78, 5) is 77.8. The number of ether oxygens (including phenoxy) is 12. The fourth-order valence-electron chi connectivity index (χ4n) is 7.60. The third-order valence-corrected chi connectivity index (χ3v) is 10.4. The molecular weight excluding hydrogens is 883 g/mol. The van der Waals surface area contributed by atoms with Crippen LogP contribution in [-0.4, -0.2) is 135 Å². The summed E-state index contributed by atoms with van der Waals surface area (Å²) in [6.45, 7) is 4.37. The molecule has 3 aromatic carbocycles. The number of rotatable bonds is 21. The molecule has 1 amide bonds. The Labute approximate surface area is 387 Å². The van der Waals surface area contributed by atoms with E-state index in [0.29, 0.717) is 11.3 Å². The first kappa shape index (κ1) is 51.8. The number of carbonyl (C=O) groups excluding carboxylic acids is 6. The number of hydrogen-bond donors (Lipinski definition) is 2. The van der Waals surface area contributed by atoms with Crippen LogP contribution in [0.15, 0.2) is 84.9 Å². The van der Waals surface area contributed by atoms with Gasteiger partial charge in [-0.25, -0.2) is 4.79 Å². The van der Waals surface area contributed by atoms with Crippen molar-refractivity contribution in [2.45, 2.75) is 121 Å². The number of nitrogens with one attached hydrogen (secondary N) is 1. The molecule has 2 heterocycles. The predicted molar refractivity (Wildman–Crippen MR) is 229 cm³/mol. The summed E-state index contributed by atoms with van der Waals surface area (Å²) < 4.78 is 71.5. The summed E-state index contributed by atoms with van der Waals surface area (Å²) in [5.74, 6) is -7.50. The minimum atomic E-state index is -2.76. The molecule has 20 heteroatoms. The van der Waals surface area contributed by atoms with Gasteiger partial charge in [0.05, 0.1) is 46.5 Å². The van der Waals surface area contributed by atoms with Gasteiger partial charge >= 0.3 is 29.8 Å². The Balaban J connectivity index is 1.67. The first-order valence-corrected chi connectivity index (χ1v) is 21.3. The van der Waals surface area contributed by atoms with E-state index >= 15 is 0 Å². The molecule has 0 bridgehead atoms. The van der Waals surface area contributed by atoms with Gasteiger partial charge in [0.2, 0.25) is 12.2 Å². The van der Waals surface area contributed by atoms with Gasteiger partial charge in [-0.2, -0.15) is 0 Å². The average molecular weight is 940 g/mol. The molecule has 364 valence electrons. The maximum absolute atomic E-state index is 14.5. The number of carbonyl (C=O) groups is 6. The molecule has 2 N–H and O–H groups in total. The van der Waals surface area contributed by atoms with Gasteiger partial charge < -0.3 is 67.3 Å². The van der Waals surface area contributed by atoms with E-state index in [1.807, 2.05) is 36.4 Å². The van der Waals surface area contributed by atoms with Gasteiger partial charge in [0.1, 0.15) is 54.7 Å². The van der Waals surface area contributed by atoms with Gasteiger partial charge in [-0.05, 0) is 35.4 Å². The SMILES string of the molecule is COC(=O)[C@@]1(O[C@H]2[C@@H](O)[C@@H](COCc3ccccc3)O[C@@H](Oc3ccc(OC)cc3)[C@@H]2OCc2ccccc2)C[C@H](OC(C)=O)[C@@H](NC(C)=O)C([C@H](OC(C)=O)[C@@H](COC(C)=O)OC(C)=O)O1. The highest BCUT2D eigenvalue weighted by molar-refractivity contribution is 5.79.